The molecule has 9 heteroatoms. The van der Waals surface area contributed by atoms with Crippen LogP contribution < -0.4 is 0 Å². The number of H-pyrrole nitrogens is 1. The Balaban J connectivity index is 0.000000187. The molecule has 0 saturated heterocycles. The number of hydrogen-bond acceptors (Lipinski definition) is 4. The largest absolute Gasteiger partial charge is 0.345 e. The molecular weight excluding hydrogens is 588 g/mol. The number of aromatic nitrogens is 6. The zero-order valence-corrected chi connectivity index (χ0v) is 21.8. The Morgan fingerprint density at radius 1 is 0.806 bits per heavy atom. The van der Waals surface area contributed by atoms with Gasteiger partial charge in [-0.25, -0.2) is 9.97 Å². The van der Waals surface area contributed by atoms with Crippen molar-refractivity contribution in [3.8, 4) is 22.5 Å². The Kier molecular flexibility index (Phi) is 13.0. The summed E-state index contributed by atoms with van der Waals surface area (Å²) in [6.45, 7) is 0.999. The van der Waals surface area contributed by atoms with Gasteiger partial charge in [0.15, 0.2) is 0 Å². The van der Waals surface area contributed by atoms with Crippen LogP contribution in [0.1, 0.15) is 12.8 Å². The summed E-state index contributed by atoms with van der Waals surface area (Å²) >= 11 is 9.97. The van der Waals surface area contributed by atoms with E-state index in [1.54, 1.807) is 31.1 Å². The first-order valence-electron chi connectivity index (χ1n) is 9.77. The lowest BCUT2D eigenvalue weighted by Gasteiger charge is -1.97. The molecule has 0 unspecified atom stereocenters. The maximum Gasteiger partial charge on any atom is 0.0953 e. The van der Waals surface area contributed by atoms with Crippen molar-refractivity contribution < 1.29 is 0 Å². The van der Waals surface area contributed by atoms with Gasteiger partial charge in [0.05, 0.1) is 30.2 Å². The lowest BCUT2D eigenvalue weighted by atomic mass is 10.2. The van der Waals surface area contributed by atoms with Crippen LogP contribution in [0.2, 0.25) is 0 Å². The predicted molar refractivity (Wildman–Crippen MR) is 138 cm³/mol. The summed E-state index contributed by atoms with van der Waals surface area (Å²) < 4.78 is 2.10. The summed E-state index contributed by atoms with van der Waals surface area (Å²) in [4.78, 5) is 19.3. The molecule has 0 bridgehead atoms. The molecule has 0 aliphatic heterocycles. The summed E-state index contributed by atoms with van der Waals surface area (Å²) in [5.41, 5.74) is 4.11. The standard InChI is InChI=1S/C11H12BrN3.C8H7N3.C3H6Br2/c12-4-2-6-15-8-11(14-9-15)10-3-1-5-13-7-10;1-2-7(4-9-3-1)8-5-10-6-11-8;4-2-1-3-5/h1,3,5,7-9H,2,4,6H2;1-6H,(H,10,11);1-3H2. The number of hydrogen-bond donors (Lipinski definition) is 1. The van der Waals surface area contributed by atoms with Gasteiger partial charge in [-0.05, 0) is 37.1 Å². The average Bonchev–Trinajstić information content (AvgIpc) is 3.53. The molecule has 1 N–H and O–H groups in total. The highest BCUT2D eigenvalue weighted by atomic mass is 79.9. The molecule has 0 aromatic carbocycles. The van der Waals surface area contributed by atoms with Crippen LogP contribution in [-0.4, -0.2) is 45.5 Å². The van der Waals surface area contributed by atoms with Gasteiger partial charge < -0.3 is 9.55 Å². The van der Waals surface area contributed by atoms with Crippen molar-refractivity contribution in [1.82, 2.24) is 29.5 Å². The van der Waals surface area contributed by atoms with Gasteiger partial charge >= 0.3 is 0 Å². The van der Waals surface area contributed by atoms with Crippen LogP contribution in [0.4, 0.5) is 0 Å². The van der Waals surface area contributed by atoms with Crippen molar-refractivity contribution in [2.75, 3.05) is 16.0 Å². The highest BCUT2D eigenvalue weighted by molar-refractivity contribution is 9.09. The van der Waals surface area contributed by atoms with Crippen LogP contribution in [0, 0.1) is 0 Å². The van der Waals surface area contributed by atoms with E-state index >= 15 is 0 Å². The molecule has 0 atom stereocenters. The molecular formula is C22H25Br3N6. The maximum absolute atomic E-state index is 4.35. The molecule has 31 heavy (non-hydrogen) atoms. The quantitative estimate of drug-likeness (QED) is 0.246. The summed E-state index contributed by atoms with van der Waals surface area (Å²) in [5.74, 6) is 0. The number of halogens is 3. The Bertz CT molecular complexity index is 928. The predicted octanol–water partition coefficient (Wildman–Crippen LogP) is 6.37. The Labute approximate surface area is 208 Å². The SMILES string of the molecule is BrCCCBr.BrCCCn1cnc(-c2cccnc2)c1.c1cncc(-c2cnc[nH]2)c1. The van der Waals surface area contributed by atoms with Gasteiger partial charge in [0.25, 0.3) is 0 Å². The molecule has 4 heterocycles. The highest BCUT2D eigenvalue weighted by Gasteiger charge is 2.01. The second-order valence-electron chi connectivity index (χ2n) is 6.22. The molecule has 164 valence electrons. The van der Waals surface area contributed by atoms with E-state index < -0.39 is 0 Å². The summed E-state index contributed by atoms with van der Waals surface area (Å²) in [5, 5.41) is 3.24. The number of imidazole rings is 2. The molecule has 0 fully saturated rings. The summed E-state index contributed by atoms with van der Waals surface area (Å²) in [7, 11) is 0. The number of aryl methyl sites for hydroxylation is 1. The van der Waals surface area contributed by atoms with E-state index in [1.165, 1.54) is 6.42 Å². The number of aromatic amines is 1. The first-order valence-corrected chi connectivity index (χ1v) is 13.1. The van der Waals surface area contributed by atoms with Crippen molar-refractivity contribution in [2.24, 2.45) is 0 Å². The van der Waals surface area contributed by atoms with E-state index in [-0.39, 0.29) is 0 Å². The zero-order chi connectivity index (χ0) is 22.2. The smallest absolute Gasteiger partial charge is 0.0953 e. The van der Waals surface area contributed by atoms with Crippen molar-refractivity contribution >= 4 is 47.8 Å². The maximum atomic E-state index is 4.35. The first kappa shape index (κ1) is 25.4. The second kappa shape index (κ2) is 15.9. The van der Waals surface area contributed by atoms with Gasteiger partial charge in [-0.1, -0.05) is 47.8 Å². The minimum absolute atomic E-state index is 0.984. The summed E-state index contributed by atoms with van der Waals surface area (Å²) in [6.07, 6.45) is 16.8. The molecule has 0 radical (unpaired) electrons. The molecule has 4 aromatic rings. The third-order valence-electron chi connectivity index (χ3n) is 3.88. The van der Waals surface area contributed by atoms with E-state index in [4.69, 9.17) is 0 Å². The van der Waals surface area contributed by atoms with Crippen molar-refractivity contribution in [3.05, 3.63) is 74.1 Å². The van der Waals surface area contributed by atoms with E-state index in [2.05, 4.69) is 83.5 Å². The lowest BCUT2D eigenvalue weighted by molar-refractivity contribution is 0.685. The van der Waals surface area contributed by atoms with Crippen LogP contribution >= 0.6 is 47.8 Å². The molecule has 0 saturated carbocycles. The van der Waals surface area contributed by atoms with Crippen molar-refractivity contribution in [1.29, 1.82) is 0 Å². The Hall–Kier alpha value is -1.84. The molecule has 0 amide bonds. The number of nitrogens with zero attached hydrogens (tertiary/aromatic N) is 5. The third kappa shape index (κ3) is 9.88. The number of alkyl halides is 3. The van der Waals surface area contributed by atoms with Crippen LogP contribution in [0.25, 0.3) is 22.5 Å². The molecule has 0 spiro atoms. The van der Waals surface area contributed by atoms with Gasteiger partial charge in [-0.3, -0.25) is 9.97 Å². The Morgan fingerprint density at radius 2 is 1.48 bits per heavy atom. The van der Waals surface area contributed by atoms with Crippen molar-refractivity contribution in [2.45, 2.75) is 19.4 Å². The Morgan fingerprint density at radius 3 is 2.00 bits per heavy atom. The lowest BCUT2D eigenvalue weighted by Crippen LogP contribution is -1.93. The van der Waals surface area contributed by atoms with Crippen LogP contribution in [0.3, 0.4) is 0 Å². The van der Waals surface area contributed by atoms with E-state index in [1.807, 2.05) is 36.8 Å². The van der Waals surface area contributed by atoms with Gasteiger partial charge in [-0.15, -0.1) is 0 Å². The molecule has 0 aliphatic rings. The fourth-order valence-electron chi connectivity index (χ4n) is 2.37. The normalized spacial score (nSPS) is 9.90. The minimum atomic E-state index is 0.984. The van der Waals surface area contributed by atoms with E-state index in [0.29, 0.717) is 0 Å². The van der Waals surface area contributed by atoms with Gasteiger partial charge in [-0.2, -0.15) is 0 Å². The fourth-order valence-corrected chi connectivity index (χ4v) is 3.94. The zero-order valence-electron chi connectivity index (χ0n) is 17.0. The minimum Gasteiger partial charge on any atom is -0.345 e. The van der Waals surface area contributed by atoms with Crippen LogP contribution in [0.15, 0.2) is 74.1 Å². The number of rotatable bonds is 7. The third-order valence-corrected chi connectivity index (χ3v) is 5.56. The first-order chi connectivity index (χ1) is 15.3. The summed E-state index contributed by atoms with van der Waals surface area (Å²) in [6, 6.07) is 7.83. The van der Waals surface area contributed by atoms with Gasteiger partial charge in [0, 0.05) is 64.6 Å². The molecule has 0 aliphatic carbocycles. The van der Waals surface area contributed by atoms with Crippen LogP contribution in [-0.2, 0) is 6.54 Å². The number of pyridine rings is 2. The second-order valence-corrected chi connectivity index (χ2v) is 8.60. The molecule has 4 aromatic heterocycles. The average molecular weight is 613 g/mol. The number of nitrogens with one attached hydrogen (secondary N) is 1. The highest BCUT2D eigenvalue weighted by Crippen LogP contribution is 2.15. The van der Waals surface area contributed by atoms with E-state index in [0.717, 1.165) is 51.5 Å². The van der Waals surface area contributed by atoms with Crippen LogP contribution in [0.5, 0.6) is 0 Å². The topological polar surface area (TPSA) is 72.3 Å². The fraction of sp³-hybridized carbons (Fsp3) is 0.273. The van der Waals surface area contributed by atoms with Gasteiger partial charge in [0.1, 0.15) is 0 Å². The molecule has 4 rings (SSSR count). The monoisotopic (exact) mass is 610 g/mol. The van der Waals surface area contributed by atoms with E-state index in [9.17, 15) is 0 Å². The molecule has 6 nitrogen and oxygen atoms in total. The van der Waals surface area contributed by atoms with Gasteiger partial charge in [0.2, 0.25) is 0 Å². The van der Waals surface area contributed by atoms with Crippen molar-refractivity contribution in [3.63, 3.8) is 0 Å².